The highest BCUT2D eigenvalue weighted by atomic mass is 16.2. The maximum atomic E-state index is 12.4. The molecule has 1 amide bonds. The zero-order chi connectivity index (χ0) is 15.4. The largest absolute Gasteiger partial charge is 0.341 e. The molecule has 1 aromatic heterocycles. The molecule has 21 heavy (non-hydrogen) atoms. The summed E-state index contributed by atoms with van der Waals surface area (Å²) >= 11 is 0. The van der Waals surface area contributed by atoms with Gasteiger partial charge in [0.05, 0.1) is 5.69 Å². The minimum Gasteiger partial charge on any atom is -0.341 e. The molecule has 0 spiro atoms. The number of carbonyl (C=O) groups excluding carboxylic acids is 1. The van der Waals surface area contributed by atoms with Crippen LogP contribution in [-0.4, -0.2) is 33.7 Å². The summed E-state index contributed by atoms with van der Waals surface area (Å²) in [5.74, 6) is 0.113. The lowest BCUT2D eigenvalue weighted by atomic mass is 10.1. The molecule has 0 aliphatic carbocycles. The second kappa shape index (κ2) is 6.57. The number of likely N-dealkylation sites (N-methyl/N-ethyl adjacent to an activating group) is 1. The van der Waals surface area contributed by atoms with Crippen molar-refractivity contribution >= 4 is 5.91 Å². The van der Waals surface area contributed by atoms with Gasteiger partial charge < -0.3 is 4.90 Å². The molecule has 1 atom stereocenters. The zero-order valence-electron chi connectivity index (χ0n) is 13.2. The van der Waals surface area contributed by atoms with E-state index < -0.39 is 0 Å². The highest BCUT2D eigenvalue weighted by Crippen LogP contribution is 2.23. The highest BCUT2D eigenvalue weighted by molar-refractivity contribution is 5.80. The van der Waals surface area contributed by atoms with Crippen molar-refractivity contribution in [3.05, 3.63) is 42.1 Å². The van der Waals surface area contributed by atoms with E-state index in [0.29, 0.717) is 0 Å². The van der Waals surface area contributed by atoms with Crippen LogP contribution in [0.25, 0.3) is 11.3 Å². The molecule has 0 radical (unpaired) electrons. The number of aromatic nitrogens is 2. The third-order valence-electron chi connectivity index (χ3n) is 3.79. The van der Waals surface area contributed by atoms with Crippen molar-refractivity contribution in [2.45, 2.75) is 33.7 Å². The molecule has 0 aliphatic rings. The van der Waals surface area contributed by atoms with E-state index in [9.17, 15) is 4.79 Å². The molecule has 0 N–H and O–H groups in total. The van der Waals surface area contributed by atoms with E-state index >= 15 is 0 Å². The molecule has 1 heterocycles. The van der Waals surface area contributed by atoms with Crippen LogP contribution in [0.4, 0.5) is 0 Å². The number of hydrogen-bond donors (Lipinski definition) is 0. The molecule has 0 saturated heterocycles. The molecule has 0 saturated carbocycles. The van der Waals surface area contributed by atoms with E-state index in [1.165, 1.54) is 0 Å². The predicted octanol–water partition coefficient (Wildman–Crippen LogP) is 3.29. The zero-order valence-corrected chi connectivity index (χ0v) is 13.2. The van der Waals surface area contributed by atoms with Crippen molar-refractivity contribution in [3.63, 3.8) is 0 Å². The van der Waals surface area contributed by atoms with Crippen LogP contribution in [0.1, 0.15) is 32.4 Å². The molecule has 112 valence electrons. The summed E-state index contributed by atoms with van der Waals surface area (Å²) in [6, 6.07) is 9.78. The summed E-state index contributed by atoms with van der Waals surface area (Å²) in [7, 11) is 0. The van der Waals surface area contributed by atoms with E-state index in [-0.39, 0.29) is 11.9 Å². The maximum Gasteiger partial charge on any atom is 0.247 e. The van der Waals surface area contributed by atoms with Gasteiger partial charge in [0.2, 0.25) is 5.91 Å². The number of aryl methyl sites for hydroxylation is 1. The van der Waals surface area contributed by atoms with Gasteiger partial charge in [-0.15, -0.1) is 0 Å². The quantitative estimate of drug-likeness (QED) is 0.845. The van der Waals surface area contributed by atoms with Gasteiger partial charge in [0, 0.05) is 24.8 Å². The molecule has 2 aromatic rings. The van der Waals surface area contributed by atoms with E-state index in [0.717, 1.165) is 29.9 Å². The Balaban J connectivity index is 2.28. The van der Waals surface area contributed by atoms with Crippen LogP contribution in [0, 0.1) is 6.92 Å². The molecule has 0 aliphatic heterocycles. The fourth-order valence-corrected chi connectivity index (χ4v) is 2.48. The first-order valence-electron chi connectivity index (χ1n) is 7.48. The molecule has 0 fully saturated rings. The molecular weight excluding hydrogens is 262 g/mol. The molecule has 4 nitrogen and oxygen atoms in total. The summed E-state index contributed by atoms with van der Waals surface area (Å²) in [5.41, 5.74) is 3.10. The van der Waals surface area contributed by atoms with Crippen molar-refractivity contribution in [1.29, 1.82) is 0 Å². The monoisotopic (exact) mass is 285 g/mol. The van der Waals surface area contributed by atoms with Crippen LogP contribution in [0.15, 0.2) is 36.5 Å². The number of hydrogen-bond acceptors (Lipinski definition) is 2. The van der Waals surface area contributed by atoms with E-state index in [1.807, 2.05) is 69.1 Å². The highest BCUT2D eigenvalue weighted by Gasteiger charge is 2.21. The van der Waals surface area contributed by atoms with Gasteiger partial charge in [-0.2, -0.15) is 5.10 Å². The Kier molecular flexibility index (Phi) is 4.78. The normalized spacial score (nSPS) is 12.2. The number of nitrogens with zero attached hydrogens (tertiary/aromatic N) is 3. The first-order chi connectivity index (χ1) is 10.1. The van der Waals surface area contributed by atoms with Gasteiger partial charge in [0.25, 0.3) is 0 Å². The van der Waals surface area contributed by atoms with Crippen LogP contribution < -0.4 is 0 Å². The fourth-order valence-electron chi connectivity index (χ4n) is 2.48. The van der Waals surface area contributed by atoms with Crippen molar-refractivity contribution in [2.75, 3.05) is 13.1 Å². The van der Waals surface area contributed by atoms with Gasteiger partial charge in [0.1, 0.15) is 6.04 Å². The number of benzene rings is 1. The Labute approximate surface area is 126 Å². The SMILES string of the molecule is CCN(CC)C(=O)C(C)n1cc(C)c(-c2ccccc2)n1. The summed E-state index contributed by atoms with van der Waals surface area (Å²) in [5, 5.41) is 4.62. The summed E-state index contributed by atoms with van der Waals surface area (Å²) in [6.07, 6.45) is 1.95. The Morgan fingerprint density at radius 1 is 1.24 bits per heavy atom. The molecule has 4 heteroatoms. The Morgan fingerprint density at radius 2 is 1.86 bits per heavy atom. The second-order valence-corrected chi connectivity index (χ2v) is 5.19. The maximum absolute atomic E-state index is 12.4. The van der Waals surface area contributed by atoms with Gasteiger partial charge in [-0.1, -0.05) is 30.3 Å². The van der Waals surface area contributed by atoms with Gasteiger partial charge in [-0.05, 0) is 33.3 Å². The first-order valence-corrected chi connectivity index (χ1v) is 7.48. The smallest absolute Gasteiger partial charge is 0.247 e. The Hall–Kier alpha value is -2.10. The molecule has 2 rings (SSSR count). The predicted molar refractivity (Wildman–Crippen MR) is 85.0 cm³/mol. The average molecular weight is 285 g/mol. The third kappa shape index (κ3) is 3.15. The van der Waals surface area contributed by atoms with E-state index in [2.05, 4.69) is 5.10 Å². The Bertz CT molecular complexity index is 600. The summed E-state index contributed by atoms with van der Waals surface area (Å²) in [6.45, 7) is 9.38. The lowest BCUT2D eigenvalue weighted by Gasteiger charge is -2.22. The number of amides is 1. The first kappa shape index (κ1) is 15.3. The van der Waals surface area contributed by atoms with Crippen LogP contribution >= 0.6 is 0 Å². The lowest BCUT2D eigenvalue weighted by molar-refractivity contribution is -0.134. The fraction of sp³-hybridized carbons (Fsp3) is 0.412. The van der Waals surface area contributed by atoms with Crippen LogP contribution in [0.3, 0.4) is 0 Å². The van der Waals surface area contributed by atoms with Crippen molar-refractivity contribution in [1.82, 2.24) is 14.7 Å². The van der Waals surface area contributed by atoms with Gasteiger partial charge in [-0.25, -0.2) is 0 Å². The van der Waals surface area contributed by atoms with Crippen molar-refractivity contribution in [3.8, 4) is 11.3 Å². The van der Waals surface area contributed by atoms with Crippen molar-refractivity contribution in [2.24, 2.45) is 0 Å². The van der Waals surface area contributed by atoms with Gasteiger partial charge in [-0.3, -0.25) is 9.48 Å². The van der Waals surface area contributed by atoms with Gasteiger partial charge in [0.15, 0.2) is 0 Å². The minimum atomic E-state index is -0.277. The van der Waals surface area contributed by atoms with Crippen LogP contribution in [-0.2, 0) is 4.79 Å². The number of rotatable bonds is 5. The van der Waals surface area contributed by atoms with E-state index in [4.69, 9.17) is 0 Å². The van der Waals surface area contributed by atoms with Crippen LogP contribution in [0.2, 0.25) is 0 Å². The third-order valence-corrected chi connectivity index (χ3v) is 3.79. The molecule has 0 bridgehead atoms. The Morgan fingerprint density at radius 3 is 2.43 bits per heavy atom. The van der Waals surface area contributed by atoms with Crippen LogP contribution in [0.5, 0.6) is 0 Å². The molecule has 1 unspecified atom stereocenters. The minimum absolute atomic E-state index is 0.113. The second-order valence-electron chi connectivity index (χ2n) is 5.19. The van der Waals surface area contributed by atoms with Gasteiger partial charge >= 0.3 is 0 Å². The topological polar surface area (TPSA) is 38.1 Å². The average Bonchev–Trinajstić information content (AvgIpc) is 2.90. The molecular formula is C17H23N3O. The molecule has 1 aromatic carbocycles. The van der Waals surface area contributed by atoms with Crippen molar-refractivity contribution < 1.29 is 4.79 Å². The number of carbonyl (C=O) groups is 1. The summed E-state index contributed by atoms with van der Waals surface area (Å²) < 4.78 is 1.78. The summed E-state index contributed by atoms with van der Waals surface area (Å²) in [4.78, 5) is 14.3. The van der Waals surface area contributed by atoms with E-state index in [1.54, 1.807) is 4.68 Å². The standard InChI is InChI=1S/C17H23N3O/c1-5-19(6-2)17(21)14(4)20-12-13(3)16(18-20)15-10-8-7-9-11-15/h7-12,14H,5-6H2,1-4H3. The lowest BCUT2D eigenvalue weighted by Crippen LogP contribution is -2.36.